The third-order valence-electron chi connectivity index (χ3n) is 3.22. The molecule has 0 N–H and O–H groups in total. The van der Waals surface area contributed by atoms with Crippen molar-refractivity contribution in [2.24, 2.45) is 0 Å². The van der Waals surface area contributed by atoms with Gasteiger partial charge in [0.15, 0.2) is 0 Å². The SMILES string of the molecule is CCN(CC1CCCO1)C(=O)c1ccccc1F. The third-order valence-corrected chi connectivity index (χ3v) is 3.22. The summed E-state index contributed by atoms with van der Waals surface area (Å²) >= 11 is 0. The van der Waals surface area contributed by atoms with Crippen LogP contribution in [0.4, 0.5) is 4.39 Å². The quantitative estimate of drug-likeness (QED) is 0.822. The van der Waals surface area contributed by atoms with Gasteiger partial charge in [-0.3, -0.25) is 4.79 Å². The number of halogens is 1. The number of hydrogen-bond donors (Lipinski definition) is 0. The Morgan fingerprint density at radius 1 is 1.50 bits per heavy atom. The second kappa shape index (κ2) is 5.96. The standard InChI is InChI=1S/C14H18FNO2/c1-2-16(10-11-6-5-9-18-11)14(17)12-7-3-4-8-13(12)15/h3-4,7-8,11H,2,5-6,9-10H2,1H3. The largest absolute Gasteiger partial charge is 0.376 e. The molecule has 0 saturated carbocycles. The number of carbonyl (C=O) groups excluding carboxylic acids is 1. The normalized spacial score (nSPS) is 18.9. The number of nitrogens with zero attached hydrogens (tertiary/aromatic N) is 1. The minimum Gasteiger partial charge on any atom is -0.376 e. The molecule has 0 aromatic heterocycles. The first-order chi connectivity index (χ1) is 8.72. The fourth-order valence-corrected chi connectivity index (χ4v) is 2.19. The molecule has 1 fully saturated rings. The smallest absolute Gasteiger partial charge is 0.256 e. The molecule has 98 valence electrons. The fourth-order valence-electron chi connectivity index (χ4n) is 2.19. The van der Waals surface area contributed by atoms with Crippen molar-refractivity contribution in [3.8, 4) is 0 Å². The van der Waals surface area contributed by atoms with Gasteiger partial charge in [-0.1, -0.05) is 12.1 Å². The number of benzene rings is 1. The van der Waals surface area contributed by atoms with Crippen LogP contribution < -0.4 is 0 Å². The first-order valence-corrected chi connectivity index (χ1v) is 6.37. The summed E-state index contributed by atoms with van der Waals surface area (Å²) in [4.78, 5) is 13.9. The summed E-state index contributed by atoms with van der Waals surface area (Å²) in [6.45, 7) is 3.76. The van der Waals surface area contributed by atoms with Crippen molar-refractivity contribution < 1.29 is 13.9 Å². The molecule has 1 heterocycles. The van der Waals surface area contributed by atoms with Crippen molar-refractivity contribution in [2.45, 2.75) is 25.9 Å². The summed E-state index contributed by atoms with van der Waals surface area (Å²) in [5, 5.41) is 0. The Morgan fingerprint density at radius 2 is 2.28 bits per heavy atom. The maximum Gasteiger partial charge on any atom is 0.256 e. The number of ether oxygens (including phenoxy) is 1. The molecule has 1 aliphatic rings. The summed E-state index contributed by atoms with van der Waals surface area (Å²) < 4.78 is 19.1. The third kappa shape index (κ3) is 2.88. The van der Waals surface area contributed by atoms with Crippen LogP contribution in [0, 0.1) is 5.82 Å². The van der Waals surface area contributed by atoms with Crippen molar-refractivity contribution >= 4 is 5.91 Å². The molecule has 1 unspecified atom stereocenters. The van der Waals surface area contributed by atoms with Gasteiger partial charge in [0.2, 0.25) is 0 Å². The lowest BCUT2D eigenvalue weighted by Crippen LogP contribution is -2.37. The summed E-state index contributed by atoms with van der Waals surface area (Å²) in [6.07, 6.45) is 2.11. The summed E-state index contributed by atoms with van der Waals surface area (Å²) in [5.41, 5.74) is 0.136. The van der Waals surface area contributed by atoms with E-state index < -0.39 is 5.82 Å². The molecule has 1 aliphatic heterocycles. The van der Waals surface area contributed by atoms with Gasteiger partial charge in [0.25, 0.3) is 5.91 Å². The molecular weight excluding hydrogens is 233 g/mol. The Hall–Kier alpha value is -1.42. The van der Waals surface area contributed by atoms with Crippen molar-refractivity contribution in [1.82, 2.24) is 4.90 Å². The lowest BCUT2D eigenvalue weighted by atomic mass is 10.1. The van der Waals surface area contributed by atoms with Crippen molar-refractivity contribution in [3.63, 3.8) is 0 Å². The molecule has 18 heavy (non-hydrogen) atoms. The molecule has 0 radical (unpaired) electrons. The Morgan fingerprint density at radius 3 is 2.89 bits per heavy atom. The summed E-state index contributed by atoms with van der Waals surface area (Å²) in [6, 6.07) is 6.10. The Kier molecular flexibility index (Phi) is 4.31. The Labute approximate surface area is 107 Å². The van der Waals surface area contributed by atoms with Gasteiger partial charge in [-0.2, -0.15) is 0 Å². The molecule has 0 spiro atoms. The molecule has 3 nitrogen and oxygen atoms in total. The average molecular weight is 251 g/mol. The van der Waals surface area contributed by atoms with Crippen LogP contribution in [0.3, 0.4) is 0 Å². The number of hydrogen-bond acceptors (Lipinski definition) is 2. The Bertz CT molecular complexity index is 416. The van der Waals surface area contributed by atoms with Crippen LogP contribution >= 0.6 is 0 Å². The van der Waals surface area contributed by atoms with Gasteiger partial charge in [-0.25, -0.2) is 4.39 Å². The molecule has 1 atom stereocenters. The van der Waals surface area contributed by atoms with E-state index in [0.717, 1.165) is 19.4 Å². The van der Waals surface area contributed by atoms with Gasteiger partial charge < -0.3 is 9.64 Å². The molecule has 0 bridgehead atoms. The highest BCUT2D eigenvalue weighted by Gasteiger charge is 2.23. The topological polar surface area (TPSA) is 29.5 Å². The number of rotatable bonds is 4. The zero-order valence-corrected chi connectivity index (χ0v) is 10.6. The van der Waals surface area contributed by atoms with Crippen LogP contribution in [-0.2, 0) is 4.74 Å². The highest BCUT2D eigenvalue weighted by Crippen LogP contribution is 2.16. The van der Waals surface area contributed by atoms with E-state index >= 15 is 0 Å². The summed E-state index contributed by atoms with van der Waals surface area (Å²) in [7, 11) is 0. The lowest BCUT2D eigenvalue weighted by molar-refractivity contribution is 0.0535. The summed E-state index contributed by atoms with van der Waals surface area (Å²) in [5.74, 6) is -0.723. The first-order valence-electron chi connectivity index (χ1n) is 6.37. The van der Waals surface area contributed by atoms with E-state index in [1.54, 1.807) is 17.0 Å². The van der Waals surface area contributed by atoms with Crippen LogP contribution in [0.5, 0.6) is 0 Å². The first kappa shape index (κ1) is 13.0. The number of carbonyl (C=O) groups is 1. The lowest BCUT2D eigenvalue weighted by Gasteiger charge is -2.24. The van der Waals surface area contributed by atoms with Gasteiger partial charge in [0.05, 0.1) is 11.7 Å². The van der Waals surface area contributed by atoms with Crippen molar-refractivity contribution in [1.29, 1.82) is 0 Å². The number of amides is 1. The zero-order chi connectivity index (χ0) is 13.0. The van der Waals surface area contributed by atoms with Gasteiger partial charge in [-0.15, -0.1) is 0 Å². The maximum atomic E-state index is 13.6. The van der Waals surface area contributed by atoms with Crippen LogP contribution in [-0.4, -0.2) is 36.6 Å². The van der Waals surface area contributed by atoms with Crippen LogP contribution in [0.25, 0.3) is 0 Å². The van der Waals surface area contributed by atoms with Crippen molar-refractivity contribution in [2.75, 3.05) is 19.7 Å². The minimum absolute atomic E-state index is 0.0978. The molecule has 0 aliphatic carbocycles. The van der Waals surface area contributed by atoms with E-state index in [4.69, 9.17) is 4.74 Å². The second-order valence-electron chi connectivity index (χ2n) is 4.46. The van der Waals surface area contributed by atoms with Crippen LogP contribution in [0.1, 0.15) is 30.1 Å². The molecule has 1 aromatic carbocycles. The second-order valence-corrected chi connectivity index (χ2v) is 4.46. The molecule has 2 rings (SSSR count). The van der Waals surface area contributed by atoms with Crippen molar-refractivity contribution in [3.05, 3.63) is 35.6 Å². The van der Waals surface area contributed by atoms with Gasteiger partial charge >= 0.3 is 0 Å². The van der Waals surface area contributed by atoms with E-state index in [1.165, 1.54) is 12.1 Å². The number of likely N-dealkylation sites (N-methyl/N-ethyl adjacent to an activating group) is 1. The van der Waals surface area contributed by atoms with E-state index in [1.807, 2.05) is 6.92 Å². The Balaban J connectivity index is 2.07. The van der Waals surface area contributed by atoms with E-state index in [2.05, 4.69) is 0 Å². The van der Waals surface area contributed by atoms with E-state index in [-0.39, 0.29) is 17.6 Å². The van der Waals surface area contributed by atoms with E-state index in [0.29, 0.717) is 13.1 Å². The zero-order valence-electron chi connectivity index (χ0n) is 10.6. The molecule has 4 heteroatoms. The predicted octanol–water partition coefficient (Wildman–Crippen LogP) is 2.47. The maximum absolute atomic E-state index is 13.6. The minimum atomic E-state index is -0.465. The molecule has 1 amide bonds. The van der Waals surface area contributed by atoms with Crippen LogP contribution in [0.15, 0.2) is 24.3 Å². The highest BCUT2D eigenvalue weighted by molar-refractivity contribution is 5.94. The fraction of sp³-hybridized carbons (Fsp3) is 0.500. The molecular formula is C14H18FNO2. The predicted molar refractivity (Wildman–Crippen MR) is 67.0 cm³/mol. The van der Waals surface area contributed by atoms with Gasteiger partial charge in [0.1, 0.15) is 5.82 Å². The van der Waals surface area contributed by atoms with E-state index in [9.17, 15) is 9.18 Å². The highest BCUT2D eigenvalue weighted by atomic mass is 19.1. The van der Waals surface area contributed by atoms with Gasteiger partial charge in [-0.05, 0) is 31.9 Å². The molecule has 1 saturated heterocycles. The monoisotopic (exact) mass is 251 g/mol. The average Bonchev–Trinajstić information content (AvgIpc) is 2.88. The molecule has 1 aromatic rings. The van der Waals surface area contributed by atoms with Crippen LogP contribution in [0.2, 0.25) is 0 Å². The van der Waals surface area contributed by atoms with Gasteiger partial charge in [0, 0.05) is 19.7 Å².